The number of halogens is 2. The summed E-state index contributed by atoms with van der Waals surface area (Å²) in [7, 11) is 0. The molecule has 0 bridgehead atoms. The molecule has 4 nitrogen and oxygen atoms in total. The van der Waals surface area contributed by atoms with Gasteiger partial charge in [0, 0.05) is 12.6 Å². The number of nitrogens with two attached hydrogens (primary N) is 1. The zero-order valence-corrected chi connectivity index (χ0v) is 11.2. The molecule has 2 rings (SSSR count). The van der Waals surface area contributed by atoms with E-state index >= 15 is 0 Å². The Kier molecular flexibility index (Phi) is 3.87. The number of hydrogen-bond donors (Lipinski definition) is 2. The van der Waals surface area contributed by atoms with E-state index in [-0.39, 0.29) is 17.9 Å². The fourth-order valence-corrected chi connectivity index (χ4v) is 2.72. The molecule has 18 heavy (non-hydrogen) atoms. The summed E-state index contributed by atoms with van der Waals surface area (Å²) in [5, 5.41) is 9.07. The van der Waals surface area contributed by atoms with Gasteiger partial charge in [-0.25, -0.2) is 9.18 Å². The third-order valence-corrected chi connectivity index (χ3v) is 3.92. The molecular formula is C12H14BrFN2O2. The quantitative estimate of drug-likeness (QED) is 0.879. The van der Waals surface area contributed by atoms with Crippen molar-refractivity contribution in [1.29, 1.82) is 0 Å². The summed E-state index contributed by atoms with van der Waals surface area (Å²) in [5.74, 6) is -0.345. The molecule has 1 aromatic rings. The molecule has 0 aliphatic carbocycles. The van der Waals surface area contributed by atoms with Gasteiger partial charge in [0.05, 0.1) is 10.5 Å². The number of rotatable bonds is 2. The van der Waals surface area contributed by atoms with Crippen LogP contribution in [-0.2, 0) is 6.42 Å². The second-order valence-electron chi connectivity index (χ2n) is 4.41. The molecule has 2 unspecified atom stereocenters. The van der Waals surface area contributed by atoms with Crippen LogP contribution in [0.1, 0.15) is 12.0 Å². The molecule has 1 fully saturated rings. The SMILES string of the molecule is NC1CCN(C(=O)O)C1Cc1cccc(Br)c1F. The Morgan fingerprint density at radius 1 is 1.61 bits per heavy atom. The normalized spacial score (nSPS) is 23.4. The van der Waals surface area contributed by atoms with Crippen molar-refractivity contribution in [3.63, 3.8) is 0 Å². The Morgan fingerprint density at radius 2 is 2.33 bits per heavy atom. The zero-order chi connectivity index (χ0) is 13.3. The van der Waals surface area contributed by atoms with E-state index in [1.165, 1.54) is 4.90 Å². The van der Waals surface area contributed by atoms with Crippen LogP contribution in [0.15, 0.2) is 22.7 Å². The standard InChI is InChI=1S/C12H14BrFN2O2/c13-8-3-1-2-7(11(8)14)6-10-9(15)4-5-16(10)12(17)18/h1-3,9-10H,4-6,15H2,(H,17,18). The second-order valence-corrected chi connectivity index (χ2v) is 5.27. The Balaban J connectivity index is 2.21. The highest BCUT2D eigenvalue weighted by Gasteiger charge is 2.35. The zero-order valence-electron chi connectivity index (χ0n) is 9.64. The van der Waals surface area contributed by atoms with Crippen molar-refractivity contribution in [2.75, 3.05) is 6.54 Å². The van der Waals surface area contributed by atoms with Crippen molar-refractivity contribution in [2.24, 2.45) is 5.73 Å². The van der Waals surface area contributed by atoms with E-state index in [4.69, 9.17) is 10.8 Å². The number of benzene rings is 1. The highest BCUT2D eigenvalue weighted by atomic mass is 79.9. The molecule has 3 N–H and O–H groups in total. The predicted molar refractivity (Wildman–Crippen MR) is 68.9 cm³/mol. The average Bonchev–Trinajstić information content (AvgIpc) is 2.67. The van der Waals surface area contributed by atoms with Gasteiger partial charge < -0.3 is 15.7 Å². The van der Waals surface area contributed by atoms with Crippen LogP contribution >= 0.6 is 15.9 Å². The van der Waals surface area contributed by atoms with Gasteiger partial charge in [0.15, 0.2) is 0 Å². The highest BCUT2D eigenvalue weighted by molar-refractivity contribution is 9.10. The van der Waals surface area contributed by atoms with E-state index in [1.807, 2.05) is 0 Å². The number of carboxylic acid groups (broad SMARTS) is 1. The average molecular weight is 317 g/mol. The van der Waals surface area contributed by atoms with E-state index in [9.17, 15) is 9.18 Å². The van der Waals surface area contributed by atoms with E-state index in [0.29, 0.717) is 29.4 Å². The number of hydrogen-bond acceptors (Lipinski definition) is 2. The molecule has 1 aromatic carbocycles. The molecule has 0 spiro atoms. The highest BCUT2D eigenvalue weighted by Crippen LogP contribution is 2.24. The molecule has 1 aliphatic rings. The lowest BCUT2D eigenvalue weighted by atomic mass is 10.0. The van der Waals surface area contributed by atoms with Crippen LogP contribution in [0.3, 0.4) is 0 Å². The predicted octanol–water partition coefficient (Wildman–Crippen LogP) is 2.21. The van der Waals surface area contributed by atoms with E-state index in [2.05, 4.69) is 15.9 Å². The van der Waals surface area contributed by atoms with Crippen LogP contribution in [0.2, 0.25) is 0 Å². The Hall–Kier alpha value is -1.14. The Labute approximate surface area is 113 Å². The van der Waals surface area contributed by atoms with Crippen LogP contribution in [-0.4, -0.2) is 34.7 Å². The van der Waals surface area contributed by atoms with Gasteiger partial charge in [-0.15, -0.1) is 0 Å². The molecule has 1 amide bonds. The number of carbonyl (C=O) groups is 1. The molecule has 0 radical (unpaired) electrons. The molecule has 1 saturated heterocycles. The molecule has 1 aliphatic heterocycles. The summed E-state index contributed by atoms with van der Waals surface area (Å²) in [4.78, 5) is 12.4. The fourth-order valence-electron chi connectivity index (χ4n) is 2.31. The molecule has 0 aromatic heterocycles. The molecule has 1 heterocycles. The maximum absolute atomic E-state index is 13.9. The third-order valence-electron chi connectivity index (χ3n) is 3.30. The van der Waals surface area contributed by atoms with Gasteiger partial charge in [-0.1, -0.05) is 12.1 Å². The topological polar surface area (TPSA) is 66.6 Å². The number of nitrogens with zero attached hydrogens (tertiary/aromatic N) is 1. The first-order valence-corrected chi connectivity index (χ1v) is 6.48. The van der Waals surface area contributed by atoms with Gasteiger partial charge in [0.2, 0.25) is 0 Å². The minimum atomic E-state index is -0.997. The van der Waals surface area contributed by atoms with Gasteiger partial charge in [-0.2, -0.15) is 0 Å². The summed E-state index contributed by atoms with van der Waals surface area (Å²) in [6, 6.07) is 4.41. The van der Waals surface area contributed by atoms with Crippen molar-refractivity contribution in [1.82, 2.24) is 4.90 Å². The second kappa shape index (κ2) is 5.24. The molecule has 6 heteroatoms. The number of amides is 1. The van der Waals surface area contributed by atoms with Crippen LogP contribution < -0.4 is 5.73 Å². The van der Waals surface area contributed by atoms with E-state index < -0.39 is 6.09 Å². The molecule has 98 valence electrons. The van der Waals surface area contributed by atoms with Crippen LogP contribution in [0.5, 0.6) is 0 Å². The van der Waals surface area contributed by atoms with Crippen molar-refractivity contribution < 1.29 is 14.3 Å². The molecular weight excluding hydrogens is 303 g/mol. The molecule has 0 saturated carbocycles. The van der Waals surface area contributed by atoms with Crippen molar-refractivity contribution in [3.8, 4) is 0 Å². The fraction of sp³-hybridized carbons (Fsp3) is 0.417. The van der Waals surface area contributed by atoms with E-state index in [1.54, 1.807) is 18.2 Å². The van der Waals surface area contributed by atoms with Crippen molar-refractivity contribution in [2.45, 2.75) is 24.9 Å². The lowest BCUT2D eigenvalue weighted by Gasteiger charge is -2.24. The summed E-state index contributed by atoms with van der Waals surface area (Å²) in [5.41, 5.74) is 6.39. The summed E-state index contributed by atoms with van der Waals surface area (Å²) in [6.45, 7) is 0.413. The summed E-state index contributed by atoms with van der Waals surface area (Å²) < 4.78 is 14.2. The van der Waals surface area contributed by atoms with Crippen LogP contribution in [0.25, 0.3) is 0 Å². The van der Waals surface area contributed by atoms with Crippen molar-refractivity contribution in [3.05, 3.63) is 34.1 Å². The molecule has 2 atom stereocenters. The minimum Gasteiger partial charge on any atom is -0.465 e. The van der Waals surface area contributed by atoms with Gasteiger partial charge in [-0.05, 0) is 40.4 Å². The summed E-state index contributed by atoms with van der Waals surface area (Å²) >= 11 is 3.12. The maximum Gasteiger partial charge on any atom is 0.407 e. The summed E-state index contributed by atoms with van der Waals surface area (Å²) in [6.07, 6.45) is -0.0749. The Morgan fingerprint density at radius 3 is 3.00 bits per heavy atom. The van der Waals surface area contributed by atoms with Crippen LogP contribution in [0.4, 0.5) is 9.18 Å². The first-order chi connectivity index (χ1) is 8.50. The van der Waals surface area contributed by atoms with Gasteiger partial charge in [0.1, 0.15) is 5.82 Å². The van der Waals surface area contributed by atoms with Crippen molar-refractivity contribution >= 4 is 22.0 Å². The lowest BCUT2D eigenvalue weighted by Crippen LogP contribution is -2.43. The third kappa shape index (κ3) is 2.49. The van der Waals surface area contributed by atoms with E-state index in [0.717, 1.165) is 0 Å². The first kappa shape index (κ1) is 13.3. The lowest BCUT2D eigenvalue weighted by molar-refractivity contribution is 0.138. The van der Waals surface area contributed by atoms with Gasteiger partial charge in [-0.3, -0.25) is 0 Å². The Bertz CT molecular complexity index is 469. The number of likely N-dealkylation sites (tertiary alicyclic amines) is 1. The smallest absolute Gasteiger partial charge is 0.407 e. The monoisotopic (exact) mass is 316 g/mol. The maximum atomic E-state index is 13.9. The minimum absolute atomic E-state index is 0.237. The van der Waals surface area contributed by atoms with Gasteiger partial charge in [0.25, 0.3) is 0 Å². The van der Waals surface area contributed by atoms with Gasteiger partial charge >= 0.3 is 6.09 Å². The van der Waals surface area contributed by atoms with Crippen LogP contribution in [0, 0.1) is 5.82 Å². The first-order valence-electron chi connectivity index (χ1n) is 5.68. The largest absolute Gasteiger partial charge is 0.465 e.